The van der Waals surface area contributed by atoms with Crippen LogP contribution >= 0.6 is 0 Å². The summed E-state index contributed by atoms with van der Waals surface area (Å²) in [5.41, 5.74) is 1.31. The molecule has 1 rings (SSSR count). The molecule has 0 aliphatic rings. The maximum absolute atomic E-state index is 9.18. The Balaban J connectivity index is 3.10. The van der Waals surface area contributed by atoms with E-state index in [4.69, 9.17) is 4.74 Å². The molecule has 0 fully saturated rings. The van der Waals surface area contributed by atoms with Crippen molar-refractivity contribution in [3.63, 3.8) is 0 Å². The van der Waals surface area contributed by atoms with E-state index in [-0.39, 0.29) is 12.0 Å². The van der Waals surface area contributed by atoms with Crippen molar-refractivity contribution < 1.29 is 9.84 Å². The molecule has 1 aromatic carbocycles. The molecule has 0 spiro atoms. The van der Waals surface area contributed by atoms with E-state index >= 15 is 0 Å². The fourth-order valence-corrected chi connectivity index (χ4v) is 2.14. The molecule has 0 aliphatic heterocycles. The molecule has 0 aromatic heterocycles. The molecule has 1 aromatic rings. The fourth-order valence-electron chi connectivity index (χ4n) is 2.14. The number of benzene rings is 1. The predicted molar refractivity (Wildman–Crippen MR) is 66.9 cm³/mol. The second kappa shape index (κ2) is 5.35. The van der Waals surface area contributed by atoms with Crippen LogP contribution in [-0.4, -0.2) is 18.8 Å². The van der Waals surface area contributed by atoms with E-state index in [0.717, 1.165) is 12.2 Å². The average Bonchev–Trinajstić information content (AvgIpc) is 2.24. The van der Waals surface area contributed by atoms with Gasteiger partial charge >= 0.3 is 0 Å². The van der Waals surface area contributed by atoms with Crippen LogP contribution < -0.4 is 4.74 Å². The van der Waals surface area contributed by atoms with Crippen molar-refractivity contribution in [2.24, 2.45) is 5.41 Å². The van der Waals surface area contributed by atoms with Crippen LogP contribution in [0.5, 0.6) is 5.75 Å². The van der Waals surface area contributed by atoms with E-state index < -0.39 is 0 Å². The monoisotopic (exact) mass is 222 g/mol. The summed E-state index contributed by atoms with van der Waals surface area (Å²) in [7, 11) is 1.69. The highest BCUT2D eigenvalue weighted by Crippen LogP contribution is 2.41. The molecule has 90 valence electrons. The van der Waals surface area contributed by atoms with E-state index in [9.17, 15) is 5.11 Å². The lowest BCUT2D eigenvalue weighted by Crippen LogP contribution is -2.20. The quantitative estimate of drug-likeness (QED) is 0.847. The van der Waals surface area contributed by atoms with E-state index in [0.29, 0.717) is 5.92 Å². The lowest BCUT2D eigenvalue weighted by molar-refractivity contribution is 0.220. The van der Waals surface area contributed by atoms with Gasteiger partial charge in [-0.1, -0.05) is 39.0 Å². The standard InChI is InChI=1S/C14H22O2/c1-14(2,3)12(9-10-15)11-7-5-6-8-13(11)16-4/h5-8,12,15H,9-10H2,1-4H3. The van der Waals surface area contributed by atoms with Gasteiger partial charge in [0.15, 0.2) is 0 Å². The fraction of sp³-hybridized carbons (Fsp3) is 0.571. The largest absolute Gasteiger partial charge is 0.496 e. The minimum absolute atomic E-state index is 0.122. The van der Waals surface area contributed by atoms with Gasteiger partial charge in [0.2, 0.25) is 0 Å². The summed E-state index contributed by atoms with van der Waals surface area (Å²) in [4.78, 5) is 0. The Labute approximate surface area is 98.3 Å². The van der Waals surface area contributed by atoms with Gasteiger partial charge in [-0.2, -0.15) is 0 Å². The molecular formula is C14H22O2. The second-order valence-corrected chi connectivity index (χ2v) is 5.17. The zero-order valence-corrected chi connectivity index (χ0v) is 10.7. The first kappa shape index (κ1) is 13.0. The van der Waals surface area contributed by atoms with Crippen molar-refractivity contribution in [2.75, 3.05) is 13.7 Å². The van der Waals surface area contributed by atoms with E-state index in [2.05, 4.69) is 26.8 Å². The Bertz CT molecular complexity index is 326. The van der Waals surface area contributed by atoms with Gasteiger partial charge in [0.05, 0.1) is 7.11 Å². The predicted octanol–water partition coefficient (Wildman–Crippen LogP) is 3.21. The molecule has 0 amide bonds. The smallest absolute Gasteiger partial charge is 0.122 e. The van der Waals surface area contributed by atoms with Crippen LogP contribution in [0.1, 0.15) is 38.7 Å². The Morgan fingerprint density at radius 1 is 1.25 bits per heavy atom. The third-order valence-corrected chi connectivity index (χ3v) is 2.98. The molecule has 16 heavy (non-hydrogen) atoms. The third kappa shape index (κ3) is 2.99. The van der Waals surface area contributed by atoms with Crippen LogP contribution in [0.3, 0.4) is 0 Å². The van der Waals surface area contributed by atoms with Gasteiger partial charge in [-0.05, 0) is 29.4 Å². The molecule has 2 heteroatoms. The first-order chi connectivity index (χ1) is 7.50. The SMILES string of the molecule is COc1ccccc1C(CCO)C(C)(C)C. The number of methoxy groups -OCH3 is 1. The molecule has 1 N–H and O–H groups in total. The first-order valence-electron chi connectivity index (χ1n) is 5.74. The highest BCUT2D eigenvalue weighted by molar-refractivity contribution is 5.37. The van der Waals surface area contributed by atoms with Crippen LogP contribution in [0.4, 0.5) is 0 Å². The summed E-state index contributed by atoms with van der Waals surface area (Å²) in [5.74, 6) is 1.23. The number of para-hydroxylation sites is 1. The molecule has 0 radical (unpaired) electrons. The third-order valence-electron chi connectivity index (χ3n) is 2.98. The lowest BCUT2D eigenvalue weighted by atomic mass is 9.74. The van der Waals surface area contributed by atoms with Gasteiger partial charge in [-0.15, -0.1) is 0 Å². The highest BCUT2D eigenvalue weighted by atomic mass is 16.5. The number of hydrogen-bond donors (Lipinski definition) is 1. The molecule has 2 nitrogen and oxygen atoms in total. The Kier molecular flexibility index (Phi) is 4.36. The van der Waals surface area contributed by atoms with Crippen LogP contribution in [0.15, 0.2) is 24.3 Å². The summed E-state index contributed by atoms with van der Waals surface area (Å²) in [5, 5.41) is 9.18. The number of hydrogen-bond acceptors (Lipinski definition) is 2. The van der Waals surface area contributed by atoms with Crippen molar-refractivity contribution in [3.05, 3.63) is 29.8 Å². The molecule has 0 aliphatic carbocycles. The first-order valence-corrected chi connectivity index (χ1v) is 5.74. The van der Waals surface area contributed by atoms with Gasteiger partial charge in [0.25, 0.3) is 0 Å². The highest BCUT2D eigenvalue weighted by Gasteiger charge is 2.27. The Hall–Kier alpha value is -1.02. The van der Waals surface area contributed by atoms with Crippen LogP contribution in [-0.2, 0) is 0 Å². The maximum atomic E-state index is 9.18. The molecular weight excluding hydrogens is 200 g/mol. The Morgan fingerprint density at radius 3 is 2.38 bits per heavy atom. The lowest BCUT2D eigenvalue weighted by Gasteiger charge is -2.31. The molecule has 0 heterocycles. The van der Waals surface area contributed by atoms with Crippen LogP contribution in [0.2, 0.25) is 0 Å². The molecule has 0 bridgehead atoms. The minimum Gasteiger partial charge on any atom is -0.496 e. The van der Waals surface area contributed by atoms with Crippen molar-refractivity contribution in [1.82, 2.24) is 0 Å². The molecule has 1 atom stereocenters. The van der Waals surface area contributed by atoms with E-state index in [1.54, 1.807) is 7.11 Å². The zero-order chi connectivity index (χ0) is 12.2. The molecule has 1 unspecified atom stereocenters. The maximum Gasteiger partial charge on any atom is 0.122 e. The van der Waals surface area contributed by atoms with Gasteiger partial charge < -0.3 is 9.84 Å². The second-order valence-electron chi connectivity index (χ2n) is 5.17. The van der Waals surface area contributed by atoms with Crippen molar-refractivity contribution in [1.29, 1.82) is 0 Å². The van der Waals surface area contributed by atoms with E-state index in [1.807, 2.05) is 18.2 Å². The van der Waals surface area contributed by atoms with Gasteiger partial charge in [-0.25, -0.2) is 0 Å². The Morgan fingerprint density at radius 2 is 1.88 bits per heavy atom. The summed E-state index contributed by atoms with van der Waals surface area (Å²) >= 11 is 0. The van der Waals surface area contributed by atoms with Crippen molar-refractivity contribution in [2.45, 2.75) is 33.1 Å². The topological polar surface area (TPSA) is 29.5 Å². The van der Waals surface area contributed by atoms with Crippen LogP contribution in [0.25, 0.3) is 0 Å². The van der Waals surface area contributed by atoms with Gasteiger partial charge in [-0.3, -0.25) is 0 Å². The summed E-state index contributed by atoms with van der Waals surface area (Å²) in [6.45, 7) is 6.79. The minimum atomic E-state index is 0.122. The number of aliphatic hydroxyl groups is 1. The van der Waals surface area contributed by atoms with Gasteiger partial charge in [0.1, 0.15) is 5.75 Å². The van der Waals surface area contributed by atoms with Crippen LogP contribution in [0, 0.1) is 5.41 Å². The molecule has 0 saturated heterocycles. The number of ether oxygens (including phenoxy) is 1. The van der Waals surface area contributed by atoms with Crippen molar-refractivity contribution in [3.8, 4) is 5.75 Å². The summed E-state index contributed by atoms with van der Waals surface area (Å²) < 4.78 is 5.39. The molecule has 0 saturated carbocycles. The van der Waals surface area contributed by atoms with Gasteiger partial charge in [0, 0.05) is 6.61 Å². The number of rotatable bonds is 4. The van der Waals surface area contributed by atoms with Crippen molar-refractivity contribution >= 4 is 0 Å². The zero-order valence-electron chi connectivity index (χ0n) is 10.7. The average molecular weight is 222 g/mol. The summed E-state index contributed by atoms with van der Waals surface area (Å²) in [6, 6.07) is 8.06. The normalized spacial score (nSPS) is 13.6. The van der Waals surface area contributed by atoms with E-state index in [1.165, 1.54) is 5.56 Å². The summed E-state index contributed by atoms with van der Waals surface area (Å²) in [6.07, 6.45) is 0.768. The number of aliphatic hydroxyl groups excluding tert-OH is 1.